The largest absolute Gasteiger partial charge is 0.385 e. The lowest BCUT2D eigenvalue weighted by Crippen LogP contribution is -2.39. The fourth-order valence-electron chi connectivity index (χ4n) is 5.54. The number of piperidine rings is 1. The van der Waals surface area contributed by atoms with Crippen LogP contribution < -0.4 is 0 Å². The van der Waals surface area contributed by atoms with Gasteiger partial charge in [-0.05, 0) is 72.1 Å². The second kappa shape index (κ2) is 10.3. The van der Waals surface area contributed by atoms with Gasteiger partial charge in [0.1, 0.15) is 0 Å². The highest BCUT2D eigenvalue weighted by molar-refractivity contribution is 7.12. The third-order valence-corrected chi connectivity index (χ3v) is 10.1. The number of nitrogens with zero attached hydrogens (tertiary/aromatic N) is 3. The van der Waals surface area contributed by atoms with Gasteiger partial charge in [-0.3, -0.25) is 4.79 Å². The first-order valence-electron chi connectivity index (χ1n) is 13.2. The van der Waals surface area contributed by atoms with E-state index in [2.05, 4.69) is 56.4 Å². The first kappa shape index (κ1) is 26.1. The molecule has 3 heterocycles. The zero-order valence-electron chi connectivity index (χ0n) is 22.5. The summed E-state index contributed by atoms with van der Waals surface area (Å²) in [6.45, 7) is 12.8. The van der Waals surface area contributed by atoms with Crippen LogP contribution in [0.4, 0.5) is 0 Å². The van der Waals surface area contributed by atoms with Crippen LogP contribution in [0.3, 0.4) is 0 Å². The summed E-state index contributed by atoms with van der Waals surface area (Å²) in [5.74, 6) is 0.399. The van der Waals surface area contributed by atoms with Crippen LogP contribution in [-0.4, -0.2) is 41.2 Å². The van der Waals surface area contributed by atoms with E-state index in [4.69, 9.17) is 9.82 Å². The first-order chi connectivity index (χ1) is 17.6. The van der Waals surface area contributed by atoms with Gasteiger partial charge in [0.15, 0.2) is 6.61 Å². The molecule has 1 aliphatic carbocycles. The Hall–Kier alpha value is -2.51. The molecule has 7 heteroatoms. The number of benzene rings is 1. The molecule has 1 fully saturated rings. The predicted octanol–water partition coefficient (Wildman–Crippen LogP) is 7.37. The van der Waals surface area contributed by atoms with Gasteiger partial charge >= 0.3 is 0 Å². The van der Waals surface area contributed by atoms with E-state index in [0.717, 1.165) is 42.2 Å². The number of fused-ring (bicyclic) bond motifs is 1. The monoisotopic (exact) mass is 535 g/mol. The Morgan fingerprint density at radius 3 is 2.51 bits per heavy atom. The van der Waals surface area contributed by atoms with Gasteiger partial charge in [-0.2, -0.15) is 0 Å². The molecule has 196 valence electrons. The topological polar surface area (TPSA) is 54.8 Å². The minimum atomic E-state index is -0.0136. The highest BCUT2D eigenvalue weighted by Crippen LogP contribution is 2.47. The average Bonchev–Trinajstić information content (AvgIpc) is 3.60. The number of thiophene rings is 1. The van der Waals surface area contributed by atoms with Gasteiger partial charge in [-0.15, -0.1) is 22.7 Å². The Labute approximate surface area is 228 Å². The van der Waals surface area contributed by atoms with E-state index in [9.17, 15) is 4.79 Å². The quantitative estimate of drug-likeness (QED) is 0.245. The van der Waals surface area contributed by atoms with E-state index in [1.165, 1.54) is 34.5 Å². The molecular weight excluding hydrogens is 498 g/mol. The lowest BCUT2D eigenvalue weighted by molar-refractivity contribution is -0.137. The minimum absolute atomic E-state index is 0.000561. The van der Waals surface area contributed by atoms with E-state index in [-0.39, 0.29) is 23.3 Å². The summed E-state index contributed by atoms with van der Waals surface area (Å²) in [5.41, 5.74) is 6.46. The number of carbonyl (C=O) groups is 1. The molecule has 37 heavy (non-hydrogen) atoms. The summed E-state index contributed by atoms with van der Waals surface area (Å²) in [4.78, 5) is 26.0. The maximum atomic E-state index is 12.6. The smallest absolute Gasteiger partial charge is 0.263 e. The Morgan fingerprint density at radius 1 is 1.08 bits per heavy atom. The van der Waals surface area contributed by atoms with Crippen molar-refractivity contribution in [3.63, 3.8) is 0 Å². The molecule has 1 amide bonds. The third-order valence-electron chi connectivity index (χ3n) is 8.13. The molecule has 5 rings (SSSR count). The number of rotatable bonds is 6. The third kappa shape index (κ3) is 5.53. The molecule has 0 bridgehead atoms. The van der Waals surface area contributed by atoms with Gasteiger partial charge < -0.3 is 9.74 Å². The number of likely N-dealkylation sites (tertiary alicyclic amines) is 1. The number of thiazole rings is 1. The van der Waals surface area contributed by atoms with E-state index in [1.54, 1.807) is 22.7 Å². The summed E-state index contributed by atoms with van der Waals surface area (Å²) >= 11 is 3.37. The predicted molar refractivity (Wildman–Crippen MR) is 154 cm³/mol. The molecule has 1 aliphatic heterocycles. The summed E-state index contributed by atoms with van der Waals surface area (Å²) in [5, 5.41) is 9.51. The standard InChI is InChI=1S/C30H37N3O2S2/c1-20(26-7-6-16-36-26)32-35-18-27(34)33-14-10-21(11-15-33)28-31-25(19-37-28)22-8-9-23-24(17-22)30(4,5)13-12-29(23,2)3/h6-9,16-17,19,21H,10-15,18H2,1-5H3. The molecule has 2 aromatic heterocycles. The van der Waals surface area contributed by atoms with Crippen molar-refractivity contribution in [2.45, 2.75) is 77.0 Å². The molecular formula is C30H37N3O2S2. The van der Waals surface area contributed by atoms with Crippen molar-refractivity contribution in [3.05, 3.63) is 62.1 Å². The van der Waals surface area contributed by atoms with Crippen molar-refractivity contribution in [3.8, 4) is 11.3 Å². The fourth-order valence-corrected chi connectivity index (χ4v) is 7.21. The Bertz CT molecular complexity index is 1280. The molecule has 0 N–H and O–H groups in total. The van der Waals surface area contributed by atoms with E-state index >= 15 is 0 Å². The SMILES string of the molecule is CC(=NOCC(=O)N1CCC(c2nc(-c3ccc4c(c3)C(C)(C)CCC4(C)C)cs2)CC1)c1cccs1. The number of hydrogen-bond donors (Lipinski definition) is 0. The van der Waals surface area contributed by atoms with Crippen molar-refractivity contribution in [1.29, 1.82) is 0 Å². The van der Waals surface area contributed by atoms with Crippen LogP contribution in [0.1, 0.15) is 87.2 Å². The normalized spacial score (nSPS) is 19.5. The maximum Gasteiger partial charge on any atom is 0.263 e. The maximum absolute atomic E-state index is 12.6. The van der Waals surface area contributed by atoms with E-state index in [1.807, 2.05) is 29.3 Å². The molecule has 0 saturated carbocycles. The highest BCUT2D eigenvalue weighted by atomic mass is 32.1. The molecule has 1 aromatic carbocycles. The van der Waals surface area contributed by atoms with E-state index in [0.29, 0.717) is 5.92 Å². The molecule has 3 aromatic rings. The van der Waals surface area contributed by atoms with Crippen molar-refractivity contribution in [2.75, 3.05) is 19.7 Å². The van der Waals surface area contributed by atoms with Gasteiger partial charge in [-0.1, -0.05) is 51.0 Å². The van der Waals surface area contributed by atoms with Crippen LogP contribution >= 0.6 is 22.7 Å². The van der Waals surface area contributed by atoms with Crippen LogP contribution in [0, 0.1) is 0 Å². The molecule has 0 atom stereocenters. The minimum Gasteiger partial charge on any atom is -0.385 e. The van der Waals surface area contributed by atoms with Gasteiger partial charge in [0.05, 0.1) is 21.3 Å². The van der Waals surface area contributed by atoms with Crippen molar-refractivity contribution < 1.29 is 9.63 Å². The first-order valence-corrected chi connectivity index (χ1v) is 15.0. The fraction of sp³-hybridized carbons (Fsp3) is 0.500. The Kier molecular flexibility index (Phi) is 7.29. The lowest BCUT2D eigenvalue weighted by atomic mass is 9.63. The highest BCUT2D eigenvalue weighted by Gasteiger charge is 2.37. The number of aromatic nitrogens is 1. The Morgan fingerprint density at radius 2 is 1.81 bits per heavy atom. The van der Waals surface area contributed by atoms with Crippen molar-refractivity contribution >= 4 is 34.3 Å². The van der Waals surface area contributed by atoms with Crippen LogP contribution in [0.2, 0.25) is 0 Å². The van der Waals surface area contributed by atoms with Crippen LogP contribution in [-0.2, 0) is 20.5 Å². The number of carbonyl (C=O) groups excluding carboxylic acids is 1. The summed E-state index contributed by atoms with van der Waals surface area (Å²) in [6.07, 6.45) is 4.30. The molecule has 5 nitrogen and oxygen atoms in total. The lowest BCUT2D eigenvalue weighted by Gasteiger charge is -2.42. The van der Waals surface area contributed by atoms with Crippen molar-refractivity contribution in [1.82, 2.24) is 9.88 Å². The summed E-state index contributed by atoms with van der Waals surface area (Å²) in [7, 11) is 0. The van der Waals surface area contributed by atoms with Crippen LogP contribution in [0.15, 0.2) is 46.2 Å². The number of hydrogen-bond acceptors (Lipinski definition) is 6. The number of amides is 1. The zero-order chi connectivity index (χ0) is 26.2. The second-order valence-electron chi connectivity index (χ2n) is 11.7. The van der Waals surface area contributed by atoms with Crippen LogP contribution in [0.5, 0.6) is 0 Å². The van der Waals surface area contributed by atoms with Crippen molar-refractivity contribution in [2.24, 2.45) is 5.16 Å². The van der Waals surface area contributed by atoms with E-state index < -0.39 is 0 Å². The zero-order valence-corrected chi connectivity index (χ0v) is 24.2. The molecule has 2 aliphatic rings. The Balaban J connectivity index is 1.19. The van der Waals surface area contributed by atoms with Gasteiger partial charge in [0.25, 0.3) is 5.91 Å². The summed E-state index contributed by atoms with van der Waals surface area (Å²) < 4.78 is 0. The summed E-state index contributed by atoms with van der Waals surface area (Å²) in [6, 6.07) is 11.0. The molecule has 0 spiro atoms. The molecule has 1 saturated heterocycles. The van der Waals surface area contributed by atoms with Gasteiger partial charge in [0.2, 0.25) is 0 Å². The molecule has 0 radical (unpaired) electrons. The second-order valence-corrected chi connectivity index (χ2v) is 13.5. The van der Waals surface area contributed by atoms with Gasteiger partial charge in [-0.25, -0.2) is 4.98 Å². The number of oxime groups is 1. The van der Waals surface area contributed by atoms with Crippen LogP contribution in [0.25, 0.3) is 11.3 Å². The van der Waals surface area contributed by atoms with Gasteiger partial charge in [0, 0.05) is 30.0 Å². The molecule has 0 unspecified atom stereocenters. The average molecular weight is 536 g/mol.